The fraction of sp³-hybridized carbons (Fsp3) is 0.667. The number of amides is 1. The van der Waals surface area contributed by atoms with Crippen molar-refractivity contribution in [2.24, 2.45) is 0 Å². The molecular weight excluding hydrogens is 232 g/mol. The van der Waals surface area contributed by atoms with E-state index < -0.39 is 0 Å². The predicted octanol–water partition coefficient (Wildman–Crippen LogP) is -0.0280. The van der Waals surface area contributed by atoms with E-state index in [2.05, 4.69) is 15.6 Å². The Morgan fingerprint density at radius 2 is 2.28 bits per heavy atom. The Hall–Kier alpha value is -1.40. The minimum Gasteiger partial charge on any atom is -0.447 e. The number of piperazine rings is 1. The van der Waals surface area contributed by atoms with Gasteiger partial charge in [-0.15, -0.1) is 0 Å². The highest BCUT2D eigenvalue weighted by Crippen LogP contribution is 2.19. The molecule has 6 nitrogen and oxygen atoms in total. The number of carbonyl (C=O) groups is 1. The number of rotatable bonds is 4. The molecule has 2 heterocycles. The number of nitrogens with zero attached hydrogens (tertiary/aromatic N) is 2. The van der Waals surface area contributed by atoms with Crippen LogP contribution in [-0.4, -0.2) is 48.0 Å². The molecule has 1 aliphatic heterocycles. The Balaban J connectivity index is 1.58. The Kier molecular flexibility index (Phi) is 3.29. The van der Waals surface area contributed by atoms with Gasteiger partial charge in [-0.3, -0.25) is 4.79 Å². The van der Waals surface area contributed by atoms with Crippen LogP contribution in [0.1, 0.15) is 29.2 Å². The normalized spacial score (nSPS) is 20.1. The summed E-state index contributed by atoms with van der Waals surface area (Å²) in [6.07, 6.45) is 3.93. The monoisotopic (exact) mass is 250 g/mol. The molecule has 98 valence electrons. The van der Waals surface area contributed by atoms with Crippen molar-refractivity contribution < 1.29 is 9.21 Å². The maximum absolute atomic E-state index is 12.1. The number of carbonyl (C=O) groups excluding carboxylic acids is 1. The fourth-order valence-corrected chi connectivity index (χ4v) is 2.04. The molecule has 1 amide bonds. The minimum atomic E-state index is -0.0297. The van der Waals surface area contributed by atoms with E-state index in [9.17, 15) is 4.79 Å². The summed E-state index contributed by atoms with van der Waals surface area (Å²) in [5, 5.41) is 6.53. The SMILES string of the molecule is O=C(c1coc(CNC2CC2)n1)N1CCNCC1. The summed E-state index contributed by atoms with van der Waals surface area (Å²) in [6.45, 7) is 3.78. The van der Waals surface area contributed by atoms with Crippen molar-refractivity contribution in [2.75, 3.05) is 26.2 Å². The molecule has 2 fully saturated rings. The van der Waals surface area contributed by atoms with Crippen LogP contribution in [-0.2, 0) is 6.54 Å². The van der Waals surface area contributed by atoms with E-state index in [0.717, 1.165) is 26.2 Å². The van der Waals surface area contributed by atoms with Crippen LogP contribution >= 0.6 is 0 Å². The summed E-state index contributed by atoms with van der Waals surface area (Å²) in [5.41, 5.74) is 0.421. The highest BCUT2D eigenvalue weighted by Gasteiger charge is 2.23. The zero-order chi connectivity index (χ0) is 12.4. The largest absolute Gasteiger partial charge is 0.447 e. The summed E-state index contributed by atoms with van der Waals surface area (Å²) in [6, 6.07) is 0.615. The molecule has 1 aliphatic carbocycles. The summed E-state index contributed by atoms with van der Waals surface area (Å²) in [4.78, 5) is 18.2. The highest BCUT2D eigenvalue weighted by atomic mass is 16.3. The minimum absolute atomic E-state index is 0.0297. The first-order valence-corrected chi connectivity index (χ1v) is 6.51. The molecule has 3 rings (SSSR count). The molecule has 1 aromatic heterocycles. The third kappa shape index (κ3) is 2.70. The van der Waals surface area contributed by atoms with Crippen LogP contribution in [0.3, 0.4) is 0 Å². The summed E-state index contributed by atoms with van der Waals surface area (Å²) >= 11 is 0. The van der Waals surface area contributed by atoms with Crippen molar-refractivity contribution in [3.05, 3.63) is 17.8 Å². The van der Waals surface area contributed by atoms with Crippen molar-refractivity contribution >= 4 is 5.91 Å². The van der Waals surface area contributed by atoms with E-state index in [1.807, 2.05) is 4.90 Å². The third-order valence-corrected chi connectivity index (χ3v) is 3.29. The molecule has 1 aromatic rings. The van der Waals surface area contributed by atoms with Crippen molar-refractivity contribution in [3.8, 4) is 0 Å². The van der Waals surface area contributed by atoms with Crippen molar-refractivity contribution in [1.82, 2.24) is 20.5 Å². The molecule has 0 unspecified atom stereocenters. The molecule has 6 heteroatoms. The van der Waals surface area contributed by atoms with Crippen molar-refractivity contribution in [3.63, 3.8) is 0 Å². The zero-order valence-corrected chi connectivity index (χ0v) is 10.3. The second-order valence-electron chi connectivity index (χ2n) is 4.82. The van der Waals surface area contributed by atoms with Gasteiger partial charge < -0.3 is 20.0 Å². The second-order valence-corrected chi connectivity index (χ2v) is 4.82. The average molecular weight is 250 g/mol. The van der Waals surface area contributed by atoms with Gasteiger partial charge in [-0.25, -0.2) is 4.98 Å². The van der Waals surface area contributed by atoms with Crippen LogP contribution in [0, 0.1) is 0 Å². The van der Waals surface area contributed by atoms with Crippen molar-refractivity contribution in [1.29, 1.82) is 0 Å². The van der Waals surface area contributed by atoms with Gasteiger partial charge in [0.05, 0.1) is 6.54 Å². The van der Waals surface area contributed by atoms with E-state index in [1.165, 1.54) is 19.1 Å². The van der Waals surface area contributed by atoms with Gasteiger partial charge in [0.15, 0.2) is 5.69 Å². The molecular formula is C12H18N4O2. The number of oxazole rings is 1. The third-order valence-electron chi connectivity index (χ3n) is 3.29. The van der Waals surface area contributed by atoms with Gasteiger partial charge in [-0.1, -0.05) is 0 Å². The predicted molar refractivity (Wildman–Crippen MR) is 65.1 cm³/mol. The molecule has 0 spiro atoms. The molecule has 0 atom stereocenters. The Morgan fingerprint density at radius 1 is 1.50 bits per heavy atom. The molecule has 1 saturated heterocycles. The topological polar surface area (TPSA) is 70.4 Å². The van der Waals surface area contributed by atoms with Gasteiger partial charge >= 0.3 is 0 Å². The molecule has 0 bridgehead atoms. The lowest BCUT2D eigenvalue weighted by Gasteiger charge is -2.26. The van der Waals surface area contributed by atoms with E-state index in [4.69, 9.17) is 4.42 Å². The average Bonchev–Trinajstić information content (AvgIpc) is 3.14. The first-order chi connectivity index (χ1) is 8.83. The number of aromatic nitrogens is 1. The lowest BCUT2D eigenvalue weighted by Crippen LogP contribution is -2.46. The fourth-order valence-electron chi connectivity index (χ4n) is 2.04. The second kappa shape index (κ2) is 5.07. The molecule has 2 N–H and O–H groups in total. The number of hydrogen-bond donors (Lipinski definition) is 2. The zero-order valence-electron chi connectivity index (χ0n) is 10.3. The Morgan fingerprint density at radius 3 is 3.00 bits per heavy atom. The summed E-state index contributed by atoms with van der Waals surface area (Å²) in [7, 11) is 0. The molecule has 0 radical (unpaired) electrons. The number of nitrogens with one attached hydrogen (secondary N) is 2. The summed E-state index contributed by atoms with van der Waals surface area (Å²) < 4.78 is 5.32. The van der Waals surface area contributed by atoms with E-state index in [0.29, 0.717) is 24.2 Å². The molecule has 18 heavy (non-hydrogen) atoms. The van der Waals surface area contributed by atoms with Crippen LogP contribution in [0.25, 0.3) is 0 Å². The first-order valence-electron chi connectivity index (χ1n) is 6.51. The lowest BCUT2D eigenvalue weighted by atomic mass is 10.3. The van der Waals surface area contributed by atoms with E-state index >= 15 is 0 Å². The van der Waals surface area contributed by atoms with Crippen LogP contribution < -0.4 is 10.6 Å². The number of hydrogen-bond acceptors (Lipinski definition) is 5. The Bertz CT molecular complexity index is 421. The van der Waals surface area contributed by atoms with Gasteiger partial charge in [-0.2, -0.15) is 0 Å². The van der Waals surface area contributed by atoms with Crippen LogP contribution in [0.4, 0.5) is 0 Å². The van der Waals surface area contributed by atoms with Crippen LogP contribution in [0.15, 0.2) is 10.7 Å². The Labute approximate surface area is 106 Å². The molecule has 1 saturated carbocycles. The summed E-state index contributed by atoms with van der Waals surface area (Å²) in [5.74, 6) is 0.568. The van der Waals surface area contributed by atoms with Gasteiger partial charge in [-0.05, 0) is 12.8 Å². The van der Waals surface area contributed by atoms with E-state index in [-0.39, 0.29) is 5.91 Å². The van der Waals surface area contributed by atoms with E-state index in [1.54, 1.807) is 0 Å². The quantitative estimate of drug-likeness (QED) is 0.785. The molecule has 2 aliphatic rings. The lowest BCUT2D eigenvalue weighted by molar-refractivity contribution is 0.0730. The maximum Gasteiger partial charge on any atom is 0.275 e. The standard InChI is InChI=1S/C12H18N4O2/c17-12(16-5-3-13-4-6-16)10-8-18-11(15-10)7-14-9-1-2-9/h8-9,13-14H,1-7H2. The highest BCUT2D eigenvalue weighted by molar-refractivity contribution is 5.92. The van der Waals surface area contributed by atoms with Gasteiger partial charge in [0.25, 0.3) is 5.91 Å². The molecule has 0 aromatic carbocycles. The van der Waals surface area contributed by atoms with Crippen LogP contribution in [0.5, 0.6) is 0 Å². The van der Waals surface area contributed by atoms with Gasteiger partial charge in [0.1, 0.15) is 6.26 Å². The van der Waals surface area contributed by atoms with Crippen LogP contribution in [0.2, 0.25) is 0 Å². The smallest absolute Gasteiger partial charge is 0.275 e. The van der Waals surface area contributed by atoms with Crippen molar-refractivity contribution in [2.45, 2.75) is 25.4 Å². The van der Waals surface area contributed by atoms with Gasteiger partial charge in [0.2, 0.25) is 5.89 Å². The maximum atomic E-state index is 12.1. The first kappa shape index (κ1) is 11.7. The van der Waals surface area contributed by atoms with Gasteiger partial charge in [0, 0.05) is 32.2 Å².